The maximum Gasteiger partial charge on any atom is 0.272 e. The van der Waals surface area contributed by atoms with Crippen LogP contribution in [0.15, 0.2) is 66.7 Å². The van der Waals surface area contributed by atoms with Gasteiger partial charge in [0.05, 0.1) is 37.5 Å². The summed E-state index contributed by atoms with van der Waals surface area (Å²) in [6.45, 7) is 0.775. The van der Waals surface area contributed by atoms with E-state index in [1.807, 2.05) is 60.7 Å². The lowest BCUT2D eigenvalue weighted by molar-refractivity contribution is -0.124. The number of hydrogen-bond donors (Lipinski definition) is 3. The second kappa shape index (κ2) is 16.9. The van der Waals surface area contributed by atoms with E-state index in [9.17, 15) is 14.4 Å². The minimum absolute atomic E-state index is 0.102. The Labute approximate surface area is 283 Å². The molecule has 0 bridgehead atoms. The molecule has 3 amide bonds. The molecule has 1 aromatic heterocycles. The fourth-order valence-corrected chi connectivity index (χ4v) is 7.27. The third kappa shape index (κ3) is 9.32. The zero-order valence-electron chi connectivity index (χ0n) is 27.8. The molecule has 3 aliphatic carbocycles. The van der Waals surface area contributed by atoms with E-state index in [1.165, 1.54) is 10.7 Å². The van der Waals surface area contributed by atoms with Gasteiger partial charge in [-0.2, -0.15) is 5.10 Å². The van der Waals surface area contributed by atoms with Crippen LogP contribution < -0.4 is 16.0 Å². The Balaban J connectivity index is 1.13. The Bertz CT molecular complexity index is 1490. The highest BCUT2D eigenvalue weighted by molar-refractivity contribution is 5.98. The van der Waals surface area contributed by atoms with E-state index in [2.05, 4.69) is 21.0 Å². The number of rotatable bonds is 13. The van der Waals surface area contributed by atoms with Crippen molar-refractivity contribution in [2.75, 3.05) is 0 Å². The van der Waals surface area contributed by atoms with Gasteiger partial charge in [0.25, 0.3) is 11.8 Å². The van der Waals surface area contributed by atoms with Crippen LogP contribution in [0.4, 0.5) is 0 Å². The summed E-state index contributed by atoms with van der Waals surface area (Å²) >= 11 is 0. The monoisotopic (exact) mass is 655 g/mol. The number of ether oxygens (including phenoxy) is 2. The van der Waals surface area contributed by atoms with Crippen LogP contribution in [0.2, 0.25) is 0 Å². The molecule has 0 radical (unpaired) electrons. The average Bonchev–Trinajstić information content (AvgIpc) is 3.79. The largest absolute Gasteiger partial charge is 0.371 e. The fourth-order valence-electron chi connectivity index (χ4n) is 7.27. The minimum Gasteiger partial charge on any atom is -0.371 e. The van der Waals surface area contributed by atoms with Crippen molar-refractivity contribution >= 4 is 17.7 Å². The first-order valence-electron chi connectivity index (χ1n) is 17.8. The molecule has 10 nitrogen and oxygen atoms in total. The van der Waals surface area contributed by atoms with Crippen LogP contribution in [-0.4, -0.2) is 57.8 Å². The van der Waals surface area contributed by atoms with Crippen molar-refractivity contribution in [3.63, 3.8) is 0 Å². The van der Waals surface area contributed by atoms with Crippen LogP contribution in [0.25, 0.3) is 0 Å². The zero-order valence-corrected chi connectivity index (χ0v) is 27.8. The maximum atomic E-state index is 13.9. The maximum absolute atomic E-state index is 13.9. The van der Waals surface area contributed by atoms with Crippen molar-refractivity contribution in [1.29, 1.82) is 0 Å². The van der Waals surface area contributed by atoms with Gasteiger partial charge in [0.2, 0.25) is 5.91 Å². The van der Waals surface area contributed by atoms with E-state index in [4.69, 9.17) is 9.47 Å². The quantitative estimate of drug-likeness (QED) is 0.225. The average molecular weight is 656 g/mol. The molecule has 0 aliphatic heterocycles. The number of nitrogens with one attached hydrogen (secondary N) is 3. The van der Waals surface area contributed by atoms with Gasteiger partial charge in [-0.15, -0.1) is 0 Å². The molecule has 3 fully saturated rings. The van der Waals surface area contributed by atoms with Gasteiger partial charge in [-0.25, -0.2) is 4.68 Å². The van der Waals surface area contributed by atoms with E-state index < -0.39 is 0 Å². The van der Waals surface area contributed by atoms with Crippen LogP contribution in [0.5, 0.6) is 0 Å². The van der Waals surface area contributed by atoms with Gasteiger partial charge in [-0.1, -0.05) is 99.2 Å². The van der Waals surface area contributed by atoms with Gasteiger partial charge >= 0.3 is 0 Å². The third-order valence-electron chi connectivity index (χ3n) is 9.91. The highest BCUT2D eigenvalue weighted by Gasteiger charge is 2.31. The van der Waals surface area contributed by atoms with E-state index >= 15 is 0 Å². The molecule has 6 rings (SSSR count). The molecule has 3 aliphatic rings. The molecular formula is C38H49N5O5. The third-order valence-corrected chi connectivity index (χ3v) is 9.91. The molecule has 0 saturated heterocycles. The number of benzene rings is 2. The van der Waals surface area contributed by atoms with E-state index in [0.29, 0.717) is 13.2 Å². The molecule has 256 valence electrons. The number of aromatic nitrogens is 2. The summed E-state index contributed by atoms with van der Waals surface area (Å²) < 4.78 is 13.9. The fraction of sp³-hybridized carbons (Fsp3) is 0.526. The van der Waals surface area contributed by atoms with Crippen LogP contribution in [0.1, 0.15) is 109 Å². The molecule has 0 spiro atoms. The summed E-state index contributed by atoms with van der Waals surface area (Å²) in [5.41, 5.74) is 2.51. The van der Waals surface area contributed by atoms with Crippen molar-refractivity contribution < 1.29 is 23.9 Å². The molecule has 4 atom stereocenters. The summed E-state index contributed by atoms with van der Waals surface area (Å²) in [5, 5.41) is 13.9. The smallest absolute Gasteiger partial charge is 0.272 e. The summed E-state index contributed by atoms with van der Waals surface area (Å²) in [7, 11) is 0. The molecule has 3 aromatic rings. The predicted octanol–water partition coefficient (Wildman–Crippen LogP) is 5.46. The van der Waals surface area contributed by atoms with Crippen molar-refractivity contribution in [3.05, 3.63) is 89.2 Å². The van der Waals surface area contributed by atoms with Gasteiger partial charge < -0.3 is 25.4 Å². The van der Waals surface area contributed by atoms with Gasteiger partial charge in [-0.05, 0) is 49.7 Å². The number of carbonyl (C=O) groups is 3. The topological polar surface area (TPSA) is 124 Å². The Morgan fingerprint density at radius 2 is 1.17 bits per heavy atom. The van der Waals surface area contributed by atoms with Crippen LogP contribution >= 0.6 is 0 Å². The molecule has 3 saturated carbocycles. The van der Waals surface area contributed by atoms with E-state index in [-0.39, 0.29) is 66.0 Å². The summed E-state index contributed by atoms with van der Waals surface area (Å²) in [6.07, 6.45) is 11.2. The van der Waals surface area contributed by atoms with Crippen LogP contribution in [0, 0.1) is 0 Å². The summed E-state index contributed by atoms with van der Waals surface area (Å²) in [5.74, 6) is -0.951. The van der Waals surface area contributed by atoms with Crippen molar-refractivity contribution in [3.8, 4) is 0 Å². The molecule has 10 heteroatoms. The number of carbonyl (C=O) groups excluding carboxylic acids is 3. The highest BCUT2D eigenvalue weighted by atomic mass is 16.5. The Morgan fingerprint density at radius 3 is 1.75 bits per heavy atom. The predicted molar refractivity (Wildman–Crippen MR) is 182 cm³/mol. The van der Waals surface area contributed by atoms with Crippen LogP contribution in [0.3, 0.4) is 0 Å². The lowest BCUT2D eigenvalue weighted by Gasteiger charge is -2.32. The number of nitrogens with zero attached hydrogens (tertiary/aromatic N) is 2. The van der Waals surface area contributed by atoms with Gasteiger partial charge in [0, 0.05) is 12.1 Å². The molecule has 0 unspecified atom stereocenters. The minimum atomic E-state index is -0.364. The molecule has 1 heterocycles. The van der Waals surface area contributed by atoms with Crippen molar-refractivity contribution in [2.24, 2.45) is 0 Å². The second-order valence-electron chi connectivity index (χ2n) is 13.5. The van der Waals surface area contributed by atoms with E-state index in [1.54, 1.807) is 0 Å². The molecular weight excluding hydrogens is 606 g/mol. The Morgan fingerprint density at radius 1 is 0.646 bits per heavy atom. The van der Waals surface area contributed by atoms with Gasteiger partial charge in [-0.3, -0.25) is 14.4 Å². The summed E-state index contributed by atoms with van der Waals surface area (Å²) in [6, 6.07) is 21.3. The first kappa shape index (κ1) is 33.9. The Hall–Kier alpha value is -4.02. The first-order valence-corrected chi connectivity index (χ1v) is 17.8. The number of amides is 3. The highest BCUT2D eigenvalue weighted by Crippen LogP contribution is 2.25. The molecule has 2 aromatic carbocycles. The van der Waals surface area contributed by atoms with Crippen molar-refractivity contribution in [1.82, 2.24) is 25.7 Å². The standard InChI is InChI=1S/C38H49N5O5/c44-36(40-30-19-9-11-21-34(30)47-25-27-13-3-1-4-14-27)24-43-33(23-32(42-43)37(45)39-29-17-7-8-18-29)38(46)41-31-20-10-12-22-35(31)48-26-28-15-5-2-6-16-28/h1-6,13-16,23,29-31,34-35H,7-12,17-22,24-26H2,(H,39,45)(H,40,44)(H,41,46)/t30-,31-,34-,35-/m0/s1. The lowest BCUT2D eigenvalue weighted by atomic mass is 9.92. The normalized spacial score (nSPS) is 23.0. The second-order valence-corrected chi connectivity index (χ2v) is 13.5. The van der Waals surface area contributed by atoms with E-state index in [0.717, 1.165) is 88.2 Å². The van der Waals surface area contributed by atoms with Crippen molar-refractivity contribution in [2.45, 2.75) is 127 Å². The molecule has 48 heavy (non-hydrogen) atoms. The zero-order chi connectivity index (χ0) is 33.1. The lowest BCUT2D eigenvalue weighted by Crippen LogP contribution is -2.48. The first-order chi connectivity index (χ1) is 23.5. The Kier molecular flexibility index (Phi) is 11.9. The van der Waals surface area contributed by atoms with Gasteiger partial charge in [0.15, 0.2) is 5.69 Å². The van der Waals surface area contributed by atoms with Crippen LogP contribution in [-0.2, 0) is 34.0 Å². The molecule has 3 N–H and O–H groups in total. The summed E-state index contributed by atoms with van der Waals surface area (Å²) in [4.78, 5) is 40.6. The number of hydrogen-bond acceptors (Lipinski definition) is 6. The van der Waals surface area contributed by atoms with Gasteiger partial charge in [0.1, 0.15) is 12.2 Å². The SMILES string of the molecule is O=C(Cn1nc(C(=O)NC2CCCC2)cc1C(=O)N[C@H]1CCCC[C@@H]1OCc1ccccc1)N[C@H]1CCCC[C@@H]1OCc1ccccc1.